The first-order valence-electron chi connectivity index (χ1n) is 6.40. The van der Waals surface area contributed by atoms with Gasteiger partial charge in [-0.3, -0.25) is 4.79 Å². The molecule has 0 heterocycles. The first-order valence-corrected chi connectivity index (χ1v) is 7.19. The van der Waals surface area contributed by atoms with Gasteiger partial charge in [0.05, 0.1) is 6.04 Å². The van der Waals surface area contributed by atoms with Crippen LogP contribution in [0.25, 0.3) is 0 Å². The molecule has 2 nitrogen and oxygen atoms in total. The lowest BCUT2D eigenvalue weighted by Crippen LogP contribution is -2.27. The minimum Gasteiger partial charge on any atom is -0.345 e. The summed E-state index contributed by atoms with van der Waals surface area (Å²) in [6.07, 6.45) is 0. The van der Waals surface area contributed by atoms with Crippen LogP contribution in [0.1, 0.15) is 34.5 Å². The number of benzene rings is 2. The van der Waals surface area contributed by atoms with Crippen LogP contribution in [0.3, 0.4) is 0 Å². The van der Waals surface area contributed by atoms with Crippen molar-refractivity contribution in [2.75, 3.05) is 0 Å². The van der Waals surface area contributed by atoms with Gasteiger partial charge in [0.15, 0.2) is 0 Å². The molecular formula is C16H14BrF2NO. The number of carbonyl (C=O) groups excluding carboxylic acids is 1. The standard InChI is InChI=1S/C16H14BrF2NO/c1-9-5-11(7-12(17)6-9)16(21)20-10(2)14-8-13(18)3-4-15(14)19/h3-8,10H,1-2H3,(H,20,21). The molecule has 0 radical (unpaired) electrons. The van der Waals surface area contributed by atoms with Gasteiger partial charge in [0.25, 0.3) is 5.91 Å². The number of nitrogens with one attached hydrogen (secondary N) is 1. The second kappa shape index (κ2) is 6.35. The van der Waals surface area contributed by atoms with E-state index in [4.69, 9.17) is 0 Å². The summed E-state index contributed by atoms with van der Waals surface area (Å²) in [6, 6.07) is 7.85. The average Bonchev–Trinajstić information content (AvgIpc) is 2.40. The number of carbonyl (C=O) groups is 1. The van der Waals surface area contributed by atoms with Gasteiger partial charge in [0, 0.05) is 15.6 Å². The fourth-order valence-electron chi connectivity index (χ4n) is 2.07. The van der Waals surface area contributed by atoms with Gasteiger partial charge in [-0.25, -0.2) is 8.78 Å². The van der Waals surface area contributed by atoms with Gasteiger partial charge in [-0.15, -0.1) is 0 Å². The lowest BCUT2D eigenvalue weighted by atomic mass is 10.1. The van der Waals surface area contributed by atoms with E-state index in [1.807, 2.05) is 13.0 Å². The van der Waals surface area contributed by atoms with Crippen LogP contribution in [0.15, 0.2) is 40.9 Å². The highest BCUT2D eigenvalue weighted by Gasteiger charge is 2.16. The summed E-state index contributed by atoms with van der Waals surface area (Å²) in [7, 11) is 0. The number of rotatable bonds is 3. The fraction of sp³-hybridized carbons (Fsp3) is 0.188. The number of amides is 1. The van der Waals surface area contributed by atoms with Crippen molar-refractivity contribution in [3.63, 3.8) is 0 Å². The van der Waals surface area contributed by atoms with Crippen molar-refractivity contribution in [2.24, 2.45) is 0 Å². The zero-order chi connectivity index (χ0) is 15.6. The van der Waals surface area contributed by atoms with Crippen molar-refractivity contribution in [3.8, 4) is 0 Å². The molecule has 110 valence electrons. The summed E-state index contributed by atoms with van der Waals surface area (Å²) >= 11 is 3.32. The maximum atomic E-state index is 13.7. The Labute approximate surface area is 130 Å². The Morgan fingerprint density at radius 3 is 2.57 bits per heavy atom. The molecule has 2 aromatic rings. The minimum atomic E-state index is -0.632. The van der Waals surface area contributed by atoms with Gasteiger partial charge in [-0.1, -0.05) is 15.9 Å². The quantitative estimate of drug-likeness (QED) is 0.862. The molecule has 0 aliphatic heterocycles. The molecule has 21 heavy (non-hydrogen) atoms. The molecule has 0 fully saturated rings. The van der Waals surface area contributed by atoms with Crippen molar-refractivity contribution in [1.82, 2.24) is 5.32 Å². The molecule has 1 atom stereocenters. The lowest BCUT2D eigenvalue weighted by Gasteiger charge is -2.15. The molecule has 1 amide bonds. The molecule has 0 spiro atoms. The van der Waals surface area contributed by atoms with Crippen molar-refractivity contribution < 1.29 is 13.6 Å². The Bertz CT molecular complexity index is 668. The molecule has 0 aromatic heterocycles. The summed E-state index contributed by atoms with van der Waals surface area (Å²) in [5.41, 5.74) is 1.51. The van der Waals surface area contributed by atoms with Crippen molar-refractivity contribution in [2.45, 2.75) is 19.9 Å². The third-order valence-corrected chi connectivity index (χ3v) is 3.53. The van der Waals surface area contributed by atoms with Crippen LogP contribution in [0.4, 0.5) is 8.78 Å². The molecule has 1 N–H and O–H groups in total. The predicted molar refractivity (Wildman–Crippen MR) is 81.1 cm³/mol. The SMILES string of the molecule is Cc1cc(Br)cc(C(=O)NC(C)c2cc(F)ccc2F)c1. The fourth-order valence-corrected chi connectivity index (χ4v) is 2.68. The van der Waals surface area contributed by atoms with Crippen molar-refractivity contribution >= 4 is 21.8 Å². The monoisotopic (exact) mass is 353 g/mol. The highest BCUT2D eigenvalue weighted by molar-refractivity contribution is 9.10. The maximum Gasteiger partial charge on any atom is 0.251 e. The molecular weight excluding hydrogens is 340 g/mol. The Morgan fingerprint density at radius 1 is 1.19 bits per heavy atom. The van der Waals surface area contributed by atoms with Gasteiger partial charge in [0.1, 0.15) is 11.6 Å². The molecule has 0 saturated heterocycles. The average molecular weight is 354 g/mol. The molecule has 0 bridgehead atoms. The minimum absolute atomic E-state index is 0.120. The number of aryl methyl sites for hydroxylation is 1. The zero-order valence-corrected chi connectivity index (χ0v) is 13.2. The van der Waals surface area contributed by atoms with Gasteiger partial charge in [-0.2, -0.15) is 0 Å². The third kappa shape index (κ3) is 3.88. The second-order valence-corrected chi connectivity index (χ2v) is 5.79. The zero-order valence-electron chi connectivity index (χ0n) is 11.6. The summed E-state index contributed by atoms with van der Waals surface area (Å²) in [4.78, 5) is 12.2. The highest BCUT2D eigenvalue weighted by Crippen LogP contribution is 2.20. The highest BCUT2D eigenvalue weighted by atomic mass is 79.9. The summed E-state index contributed by atoms with van der Waals surface area (Å²) in [5.74, 6) is -1.42. The van der Waals surface area contributed by atoms with Crippen LogP contribution in [0.2, 0.25) is 0 Å². The van der Waals surface area contributed by atoms with E-state index in [1.165, 1.54) is 0 Å². The molecule has 0 saturated carbocycles. The Hall–Kier alpha value is -1.75. The molecule has 0 aliphatic carbocycles. The van der Waals surface area contributed by atoms with E-state index in [0.29, 0.717) is 5.56 Å². The largest absolute Gasteiger partial charge is 0.345 e. The molecule has 2 aromatic carbocycles. The van der Waals surface area contributed by atoms with E-state index >= 15 is 0 Å². The van der Waals surface area contributed by atoms with Crippen LogP contribution >= 0.6 is 15.9 Å². The smallest absolute Gasteiger partial charge is 0.251 e. The van der Waals surface area contributed by atoms with E-state index < -0.39 is 17.7 Å². The Kier molecular flexibility index (Phi) is 4.73. The number of halogens is 3. The summed E-state index contributed by atoms with van der Waals surface area (Å²) in [6.45, 7) is 3.48. The van der Waals surface area contributed by atoms with E-state index in [-0.39, 0.29) is 11.5 Å². The van der Waals surface area contributed by atoms with Crippen LogP contribution in [-0.2, 0) is 0 Å². The summed E-state index contributed by atoms with van der Waals surface area (Å²) < 4.78 is 27.7. The van der Waals surface area contributed by atoms with Gasteiger partial charge >= 0.3 is 0 Å². The van der Waals surface area contributed by atoms with E-state index in [9.17, 15) is 13.6 Å². The van der Waals surface area contributed by atoms with Crippen LogP contribution < -0.4 is 5.32 Å². The Morgan fingerprint density at radius 2 is 1.90 bits per heavy atom. The van der Waals surface area contributed by atoms with E-state index in [1.54, 1.807) is 19.1 Å². The number of hydrogen-bond donors (Lipinski definition) is 1. The van der Waals surface area contributed by atoms with Crippen LogP contribution in [-0.4, -0.2) is 5.91 Å². The van der Waals surface area contributed by atoms with E-state index in [0.717, 1.165) is 28.2 Å². The van der Waals surface area contributed by atoms with Gasteiger partial charge in [-0.05, 0) is 55.8 Å². The molecule has 2 rings (SSSR count). The van der Waals surface area contributed by atoms with Crippen molar-refractivity contribution in [1.29, 1.82) is 0 Å². The van der Waals surface area contributed by atoms with E-state index in [2.05, 4.69) is 21.2 Å². The number of hydrogen-bond acceptors (Lipinski definition) is 1. The molecule has 0 aliphatic rings. The van der Waals surface area contributed by atoms with Crippen molar-refractivity contribution in [3.05, 3.63) is 69.2 Å². The third-order valence-electron chi connectivity index (χ3n) is 3.08. The van der Waals surface area contributed by atoms with Gasteiger partial charge < -0.3 is 5.32 Å². The predicted octanol–water partition coefficient (Wildman–Crippen LogP) is 4.53. The normalized spacial score (nSPS) is 12.0. The second-order valence-electron chi connectivity index (χ2n) is 4.88. The van der Waals surface area contributed by atoms with Crippen LogP contribution in [0.5, 0.6) is 0 Å². The van der Waals surface area contributed by atoms with Gasteiger partial charge in [0.2, 0.25) is 0 Å². The Balaban J connectivity index is 2.20. The molecule has 5 heteroatoms. The molecule has 1 unspecified atom stereocenters. The summed E-state index contributed by atoms with van der Waals surface area (Å²) in [5, 5.41) is 2.67. The maximum absolute atomic E-state index is 13.7. The first-order chi connectivity index (χ1) is 9.86. The lowest BCUT2D eigenvalue weighted by molar-refractivity contribution is 0.0939. The first kappa shape index (κ1) is 15.6. The van der Waals surface area contributed by atoms with Crippen LogP contribution in [0, 0.1) is 18.6 Å². The topological polar surface area (TPSA) is 29.1 Å².